The zero-order valence-corrected chi connectivity index (χ0v) is 18.8. The van der Waals surface area contributed by atoms with Gasteiger partial charge in [0.1, 0.15) is 6.10 Å². The number of carboxylic acid groups (broad SMARTS) is 1. The molecule has 1 fully saturated rings. The zero-order chi connectivity index (χ0) is 26.5. The Hall–Kier alpha value is -4.51. The summed E-state index contributed by atoms with van der Waals surface area (Å²) < 4.78 is 10.5. The first-order chi connectivity index (χ1) is 17.0. The monoisotopic (exact) mass is 500 g/mol. The van der Waals surface area contributed by atoms with Gasteiger partial charge in [0.15, 0.2) is 23.0 Å². The summed E-state index contributed by atoms with van der Waals surface area (Å²) in [6.07, 6.45) is 1.27. The third-order valence-electron chi connectivity index (χ3n) is 5.45. The highest BCUT2D eigenvalue weighted by molar-refractivity contribution is 5.91. The molecule has 0 saturated heterocycles. The molecule has 2 aromatic carbocycles. The predicted molar refractivity (Wildman–Crippen MR) is 124 cm³/mol. The van der Waals surface area contributed by atoms with Gasteiger partial charge in [-0.05, 0) is 47.5 Å². The number of aliphatic hydroxyl groups excluding tert-OH is 1. The van der Waals surface area contributed by atoms with Crippen LogP contribution >= 0.6 is 0 Å². The van der Waals surface area contributed by atoms with Crippen molar-refractivity contribution < 1.29 is 54.5 Å². The fraction of sp³-hybridized carbons (Fsp3) is 0.240. The average molecular weight is 500 g/mol. The first-order valence-electron chi connectivity index (χ1n) is 10.7. The van der Waals surface area contributed by atoms with Gasteiger partial charge in [-0.3, -0.25) is 0 Å². The number of carboxylic acids is 1. The second-order valence-corrected chi connectivity index (χ2v) is 8.24. The van der Waals surface area contributed by atoms with Crippen molar-refractivity contribution in [2.75, 3.05) is 0 Å². The lowest BCUT2D eigenvalue weighted by molar-refractivity contribution is -0.192. The SMILES string of the molecule is O=C(/C=C/c1ccc(O)c(O)c1)O[C@H]1C[C@H](O)C[C@](OC(=O)/C=C/c2ccc(O)c(O)c2)(C(=O)O)C1. The maximum Gasteiger partial charge on any atom is 0.348 e. The number of aromatic hydroxyl groups is 4. The third kappa shape index (κ3) is 6.54. The van der Waals surface area contributed by atoms with E-state index in [0.29, 0.717) is 11.1 Å². The molecule has 11 nitrogen and oxygen atoms in total. The van der Waals surface area contributed by atoms with Crippen LogP contribution in [0, 0.1) is 0 Å². The molecule has 2 aromatic rings. The zero-order valence-electron chi connectivity index (χ0n) is 18.8. The van der Waals surface area contributed by atoms with Crippen molar-refractivity contribution in [3.63, 3.8) is 0 Å². The number of carbonyl (C=O) groups excluding carboxylic acids is 2. The molecule has 11 heteroatoms. The van der Waals surface area contributed by atoms with E-state index in [-0.39, 0.29) is 23.7 Å². The number of benzene rings is 2. The molecule has 0 aromatic heterocycles. The minimum Gasteiger partial charge on any atom is -0.504 e. The van der Waals surface area contributed by atoms with Crippen LogP contribution in [0.3, 0.4) is 0 Å². The maximum atomic E-state index is 12.4. The highest BCUT2D eigenvalue weighted by Crippen LogP contribution is 2.35. The number of esters is 2. The van der Waals surface area contributed by atoms with E-state index in [9.17, 15) is 45.0 Å². The maximum absolute atomic E-state index is 12.4. The molecule has 0 amide bonds. The Bertz CT molecular complexity index is 1220. The number of aliphatic hydroxyl groups is 1. The van der Waals surface area contributed by atoms with Gasteiger partial charge in [-0.15, -0.1) is 0 Å². The number of aliphatic carboxylic acids is 1. The van der Waals surface area contributed by atoms with Crippen molar-refractivity contribution in [3.05, 3.63) is 59.7 Å². The van der Waals surface area contributed by atoms with Crippen LogP contribution in [0.2, 0.25) is 0 Å². The fourth-order valence-corrected chi connectivity index (χ4v) is 3.74. The van der Waals surface area contributed by atoms with Gasteiger partial charge in [0.05, 0.1) is 6.10 Å². The van der Waals surface area contributed by atoms with Crippen molar-refractivity contribution in [1.82, 2.24) is 0 Å². The fourth-order valence-electron chi connectivity index (χ4n) is 3.74. The van der Waals surface area contributed by atoms with E-state index in [1.165, 1.54) is 48.6 Å². The Kier molecular flexibility index (Phi) is 7.85. The van der Waals surface area contributed by atoms with Crippen LogP contribution in [0.15, 0.2) is 48.6 Å². The van der Waals surface area contributed by atoms with Crippen molar-refractivity contribution in [1.29, 1.82) is 0 Å². The molecule has 0 radical (unpaired) electrons. The molecule has 3 rings (SSSR count). The number of ether oxygens (including phenoxy) is 2. The Morgan fingerprint density at radius 3 is 1.83 bits per heavy atom. The summed E-state index contributed by atoms with van der Waals surface area (Å²) in [4.78, 5) is 36.7. The van der Waals surface area contributed by atoms with Crippen LogP contribution < -0.4 is 0 Å². The Balaban J connectivity index is 1.68. The molecule has 1 aliphatic rings. The lowest BCUT2D eigenvalue weighted by Crippen LogP contribution is -2.52. The molecular formula is C25H24O11. The molecule has 190 valence electrons. The van der Waals surface area contributed by atoms with Crippen molar-refractivity contribution in [3.8, 4) is 23.0 Å². The minimum absolute atomic E-state index is 0.0746. The van der Waals surface area contributed by atoms with Crippen LogP contribution in [-0.2, 0) is 23.9 Å². The normalized spacial score (nSPS) is 21.9. The van der Waals surface area contributed by atoms with Gasteiger partial charge >= 0.3 is 17.9 Å². The lowest BCUT2D eigenvalue weighted by atomic mass is 9.81. The number of carbonyl (C=O) groups is 3. The van der Waals surface area contributed by atoms with Gasteiger partial charge < -0.3 is 40.1 Å². The highest BCUT2D eigenvalue weighted by atomic mass is 16.6. The van der Waals surface area contributed by atoms with Crippen LogP contribution in [-0.4, -0.2) is 66.4 Å². The molecule has 6 N–H and O–H groups in total. The Morgan fingerprint density at radius 1 is 0.806 bits per heavy atom. The van der Waals surface area contributed by atoms with Crippen LogP contribution in [0.4, 0.5) is 0 Å². The van der Waals surface area contributed by atoms with Crippen LogP contribution in [0.25, 0.3) is 12.2 Å². The van der Waals surface area contributed by atoms with Gasteiger partial charge in [-0.1, -0.05) is 12.1 Å². The van der Waals surface area contributed by atoms with E-state index in [4.69, 9.17) is 9.47 Å². The molecule has 0 spiro atoms. The van der Waals surface area contributed by atoms with E-state index in [1.807, 2.05) is 0 Å². The molecule has 0 heterocycles. The number of phenolic OH excluding ortho intramolecular Hbond substituents is 4. The van der Waals surface area contributed by atoms with Crippen LogP contribution in [0.5, 0.6) is 23.0 Å². The number of phenols is 4. The van der Waals surface area contributed by atoms with Gasteiger partial charge in [0, 0.05) is 31.4 Å². The summed E-state index contributed by atoms with van der Waals surface area (Å²) in [5.74, 6) is -4.92. The van der Waals surface area contributed by atoms with E-state index in [0.717, 1.165) is 12.2 Å². The summed E-state index contributed by atoms with van der Waals surface area (Å²) in [7, 11) is 0. The minimum atomic E-state index is -2.16. The summed E-state index contributed by atoms with van der Waals surface area (Å²) in [6, 6.07) is 7.66. The molecule has 1 saturated carbocycles. The number of rotatable bonds is 7. The number of hydrogen-bond donors (Lipinski definition) is 6. The second-order valence-electron chi connectivity index (χ2n) is 8.24. The summed E-state index contributed by atoms with van der Waals surface area (Å²) in [5.41, 5.74) is -1.45. The average Bonchev–Trinajstić information content (AvgIpc) is 2.80. The Labute approximate surface area is 204 Å². The topological polar surface area (TPSA) is 191 Å². The molecule has 36 heavy (non-hydrogen) atoms. The summed E-state index contributed by atoms with van der Waals surface area (Å²) in [5, 5.41) is 57.7. The quantitative estimate of drug-likeness (QED) is 0.185. The van der Waals surface area contributed by atoms with E-state index >= 15 is 0 Å². The predicted octanol–water partition coefficient (Wildman–Crippen LogP) is 2.06. The largest absolute Gasteiger partial charge is 0.504 e. The van der Waals surface area contributed by atoms with Crippen LogP contribution in [0.1, 0.15) is 30.4 Å². The van der Waals surface area contributed by atoms with E-state index < -0.39 is 54.3 Å². The molecule has 1 aliphatic carbocycles. The first kappa shape index (κ1) is 26.1. The van der Waals surface area contributed by atoms with Gasteiger partial charge in [0.25, 0.3) is 0 Å². The number of hydrogen-bond acceptors (Lipinski definition) is 10. The Morgan fingerprint density at radius 2 is 1.33 bits per heavy atom. The smallest absolute Gasteiger partial charge is 0.348 e. The standard InChI is InChI=1S/C25H24O11/c26-16-11-17(35-22(31)7-3-14-1-5-18(27)20(29)9-14)13-25(12-16,24(33)34)36-23(32)8-4-15-2-6-19(28)21(30)10-15/h1-10,16-17,26-30H,11-13H2,(H,33,34)/b7-3+,8-4+/t16-,17-,25+/m0/s1. The van der Waals surface area contributed by atoms with Crippen molar-refractivity contribution in [2.45, 2.75) is 37.1 Å². The summed E-state index contributed by atoms with van der Waals surface area (Å²) >= 11 is 0. The second kappa shape index (κ2) is 10.8. The van der Waals surface area contributed by atoms with Gasteiger partial charge in [-0.25, -0.2) is 14.4 Å². The van der Waals surface area contributed by atoms with Crippen molar-refractivity contribution >= 4 is 30.1 Å². The van der Waals surface area contributed by atoms with Gasteiger partial charge in [-0.2, -0.15) is 0 Å². The van der Waals surface area contributed by atoms with Gasteiger partial charge in [0.2, 0.25) is 5.60 Å². The first-order valence-corrected chi connectivity index (χ1v) is 10.7. The van der Waals surface area contributed by atoms with Crippen molar-refractivity contribution in [2.24, 2.45) is 0 Å². The van der Waals surface area contributed by atoms with E-state index in [1.54, 1.807) is 0 Å². The lowest BCUT2D eigenvalue weighted by Gasteiger charge is -2.38. The molecule has 0 unspecified atom stereocenters. The third-order valence-corrected chi connectivity index (χ3v) is 5.45. The summed E-state index contributed by atoms with van der Waals surface area (Å²) in [6.45, 7) is 0. The molecular weight excluding hydrogens is 476 g/mol. The molecule has 0 aliphatic heterocycles. The van der Waals surface area contributed by atoms with E-state index in [2.05, 4.69) is 0 Å². The highest BCUT2D eigenvalue weighted by Gasteiger charge is 2.50. The molecule has 3 atom stereocenters. The molecule has 0 bridgehead atoms.